The highest BCUT2D eigenvalue weighted by atomic mass is 16.3. The van der Waals surface area contributed by atoms with Crippen molar-refractivity contribution in [1.29, 1.82) is 0 Å². The first-order chi connectivity index (χ1) is 7.34. The van der Waals surface area contributed by atoms with Crippen LogP contribution in [0.3, 0.4) is 0 Å². The van der Waals surface area contributed by atoms with Gasteiger partial charge in [0.15, 0.2) is 0 Å². The molecule has 0 unspecified atom stereocenters. The van der Waals surface area contributed by atoms with E-state index in [1.54, 1.807) is 17.1 Å². The molecule has 0 aromatic carbocycles. The number of nitrogens with zero attached hydrogens (tertiary/aromatic N) is 2. The summed E-state index contributed by atoms with van der Waals surface area (Å²) in [5, 5.41) is 0. The minimum Gasteiger partial charge on any atom is -0.472 e. The zero-order valence-corrected chi connectivity index (χ0v) is 8.30. The van der Waals surface area contributed by atoms with Crippen LogP contribution in [0, 0.1) is 0 Å². The molecule has 15 heavy (non-hydrogen) atoms. The van der Waals surface area contributed by atoms with Crippen molar-refractivity contribution in [3.63, 3.8) is 0 Å². The third kappa shape index (κ3) is 1.52. The van der Waals surface area contributed by atoms with Crippen LogP contribution in [-0.2, 0) is 6.54 Å². The Hall–Kier alpha value is -1.71. The van der Waals surface area contributed by atoms with Crippen molar-refractivity contribution in [3.05, 3.63) is 47.0 Å². The fourth-order valence-corrected chi connectivity index (χ4v) is 1.76. The van der Waals surface area contributed by atoms with Crippen LogP contribution in [0.15, 0.2) is 40.2 Å². The van der Waals surface area contributed by atoms with Gasteiger partial charge in [-0.25, -0.2) is 4.79 Å². The Morgan fingerprint density at radius 3 is 2.93 bits per heavy atom. The molecule has 0 radical (unpaired) electrons. The van der Waals surface area contributed by atoms with Gasteiger partial charge in [0.1, 0.15) is 0 Å². The summed E-state index contributed by atoms with van der Waals surface area (Å²) in [7, 11) is 0. The predicted molar refractivity (Wildman–Crippen MR) is 54.8 cm³/mol. The van der Waals surface area contributed by atoms with Gasteiger partial charge in [0.25, 0.3) is 0 Å². The lowest BCUT2D eigenvalue weighted by Crippen LogP contribution is -2.23. The summed E-state index contributed by atoms with van der Waals surface area (Å²) in [6, 6.07) is 2.32. The highest BCUT2D eigenvalue weighted by Crippen LogP contribution is 2.33. The number of rotatable bonds is 3. The van der Waals surface area contributed by atoms with Gasteiger partial charge in [-0.05, 0) is 18.9 Å². The summed E-state index contributed by atoms with van der Waals surface area (Å²) >= 11 is 0. The zero-order chi connectivity index (χ0) is 10.3. The molecule has 2 aromatic rings. The van der Waals surface area contributed by atoms with Crippen molar-refractivity contribution in [2.24, 2.45) is 0 Å². The van der Waals surface area contributed by atoms with Crippen molar-refractivity contribution in [3.8, 4) is 0 Å². The molecule has 0 atom stereocenters. The molecule has 2 heterocycles. The maximum Gasteiger partial charge on any atom is 0.328 e. The Balaban J connectivity index is 1.89. The summed E-state index contributed by atoms with van der Waals surface area (Å²) in [5.41, 5.74) is 1.10. The molecule has 1 aliphatic carbocycles. The third-order valence-corrected chi connectivity index (χ3v) is 2.75. The van der Waals surface area contributed by atoms with E-state index in [1.807, 2.05) is 23.0 Å². The van der Waals surface area contributed by atoms with Crippen LogP contribution in [0.1, 0.15) is 24.4 Å². The third-order valence-electron chi connectivity index (χ3n) is 2.75. The number of hydrogen-bond donors (Lipinski definition) is 0. The zero-order valence-electron chi connectivity index (χ0n) is 8.30. The van der Waals surface area contributed by atoms with E-state index in [4.69, 9.17) is 4.42 Å². The minimum atomic E-state index is 0.0821. The highest BCUT2D eigenvalue weighted by molar-refractivity contribution is 5.06. The van der Waals surface area contributed by atoms with Crippen LogP contribution in [0.2, 0.25) is 0 Å². The van der Waals surface area contributed by atoms with E-state index in [2.05, 4.69) is 0 Å². The van der Waals surface area contributed by atoms with Crippen molar-refractivity contribution in [1.82, 2.24) is 9.13 Å². The highest BCUT2D eigenvalue weighted by Gasteiger charge is 2.25. The average Bonchev–Trinajstić information content (AvgIpc) is 2.83. The number of furan rings is 1. The van der Waals surface area contributed by atoms with Crippen molar-refractivity contribution in [2.75, 3.05) is 0 Å². The fraction of sp³-hybridized carbons (Fsp3) is 0.364. The Kier molecular flexibility index (Phi) is 1.80. The molecule has 0 bridgehead atoms. The molecular weight excluding hydrogens is 192 g/mol. The van der Waals surface area contributed by atoms with Gasteiger partial charge in [-0.3, -0.25) is 9.13 Å². The molecule has 0 amide bonds. The van der Waals surface area contributed by atoms with E-state index in [1.165, 1.54) is 0 Å². The molecule has 0 saturated heterocycles. The van der Waals surface area contributed by atoms with Crippen molar-refractivity contribution < 1.29 is 4.42 Å². The Morgan fingerprint density at radius 2 is 2.27 bits per heavy atom. The number of imidazole rings is 1. The predicted octanol–water partition coefficient (Wildman–Crippen LogP) is 1.63. The van der Waals surface area contributed by atoms with Crippen molar-refractivity contribution in [2.45, 2.75) is 25.4 Å². The lowest BCUT2D eigenvalue weighted by molar-refractivity contribution is 0.561. The van der Waals surface area contributed by atoms with Gasteiger partial charge in [-0.2, -0.15) is 0 Å². The second kappa shape index (κ2) is 3.15. The molecule has 3 rings (SSSR count). The molecule has 0 N–H and O–H groups in total. The van der Waals surface area contributed by atoms with E-state index in [0.29, 0.717) is 12.6 Å². The standard InChI is InChI=1S/C11H12N2O2/c14-11-12(7-9-3-6-15-8-9)4-5-13(11)10-1-2-10/h3-6,8,10H,1-2,7H2. The summed E-state index contributed by atoms with van der Waals surface area (Å²) in [4.78, 5) is 11.9. The topological polar surface area (TPSA) is 40.1 Å². The number of hydrogen-bond acceptors (Lipinski definition) is 2. The van der Waals surface area contributed by atoms with Crippen LogP contribution >= 0.6 is 0 Å². The average molecular weight is 204 g/mol. The van der Waals surface area contributed by atoms with E-state index >= 15 is 0 Å². The van der Waals surface area contributed by atoms with Gasteiger partial charge < -0.3 is 4.42 Å². The van der Waals surface area contributed by atoms with Crippen LogP contribution in [0.25, 0.3) is 0 Å². The molecule has 4 nitrogen and oxygen atoms in total. The first-order valence-corrected chi connectivity index (χ1v) is 5.13. The molecule has 1 fully saturated rings. The van der Waals surface area contributed by atoms with Gasteiger partial charge in [0.05, 0.1) is 19.1 Å². The normalized spacial score (nSPS) is 15.7. The van der Waals surface area contributed by atoms with Crippen LogP contribution in [-0.4, -0.2) is 9.13 Å². The molecule has 4 heteroatoms. The van der Waals surface area contributed by atoms with Crippen molar-refractivity contribution >= 4 is 0 Å². The molecule has 0 aliphatic heterocycles. The first kappa shape index (κ1) is 8.59. The molecule has 0 spiro atoms. The monoisotopic (exact) mass is 204 g/mol. The molecule has 1 saturated carbocycles. The lowest BCUT2D eigenvalue weighted by Gasteiger charge is -1.98. The van der Waals surface area contributed by atoms with Gasteiger partial charge in [-0.15, -0.1) is 0 Å². The maximum atomic E-state index is 11.9. The van der Waals surface area contributed by atoms with Crippen LogP contribution in [0.5, 0.6) is 0 Å². The summed E-state index contributed by atoms with van der Waals surface area (Å²) < 4.78 is 8.50. The summed E-state index contributed by atoms with van der Waals surface area (Å²) in [6.45, 7) is 0.592. The van der Waals surface area contributed by atoms with Gasteiger partial charge in [0.2, 0.25) is 0 Å². The van der Waals surface area contributed by atoms with Gasteiger partial charge in [0, 0.05) is 24.0 Å². The minimum absolute atomic E-state index is 0.0821. The quantitative estimate of drug-likeness (QED) is 0.762. The smallest absolute Gasteiger partial charge is 0.328 e. The van der Waals surface area contributed by atoms with Gasteiger partial charge in [-0.1, -0.05) is 0 Å². The van der Waals surface area contributed by atoms with Crippen LogP contribution in [0.4, 0.5) is 0 Å². The lowest BCUT2D eigenvalue weighted by atomic mass is 10.3. The second-order valence-corrected chi connectivity index (χ2v) is 3.98. The van der Waals surface area contributed by atoms with Crippen LogP contribution < -0.4 is 5.69 Å². The molecule has 2 aromatic heterocycles. The largest absolute Gasteiger partial charge is 0.472 e. The first-order valence-electron chi connectivity index (χ1n) is 5.13. The Bertz CT molecular complexity index is 503. The van der Waals surface area contributed by atoms with E-state index in [0.717, 1.165) is 18.4 Å². The maximum absolute atomic E-state index is 11.9. The summed E-state index contributed by atoms with van der Waals surface area (Å²) in [6.07, 6.45) is 9.28. The number of aromatic nitrogens is 2. The molecular formula is C11H12N2O2. The fourth-order valence-electron chi connectivity index (χ4n) is 1.76. The molecule has 78 valence electrons. The Labute approximate surface area is 86.7 Å². The molecule has 1 aliphatic rings. The second-order valence-electron chi connectivity index (χ2n) is 3.98. The Morgan fingerprint density at radius 1 is 1.40 bits per heavy atom. The van der Waals surface area contributed by atoms with Gasteiger partial charge >= 0.3 is 5.69 Å². The SMILES string of the molecule is O=c1n(Cc2ccoc2)ccn1C1CC1. The summed E-state index contributed by atoms with van der Waals surface area (Å²) in [5.74, 6) is 0. The van der Waals surface area contributed by atoms with E-state index < -0.39 is 0 Å². The van der Waals surface area contributed by atoms with E-state index in [9.17, 15) is 4.79 Å². The van der Waals surface area contributed by atoms with E-state index in [-0.39, 0.29) is 5.69 Å².